The third kappa shape index (κ3) is 6.71. The molecule has 29 heavy (non-hydrogen) atoms. The van der Waals surface area contributed by atoms with Crippen LogP contribution in [0.1, 0.15) is 50.3 Å². The number of anilines is 1. The Morgan fingerprint density at radius 3 is 2.38 bits per heavy atom. The van der Waals surface area contributed by atoms with Crippen molar-refractivity contribution in [2.75, 3.05) is 11.9 Å². The molecule has 0 unspecified atom stereocenters. The number of rotatable bonds is 7. The molecule has 154 valence electrons. The molecule has 2 rings (SSSR count). The molecule has 2 aromatic rings. The first kappa shape index (κ1) is 22.6. The van der Waals surface area contributed by atoms with Gasteiger partial charge in [0.05, 0.1) is 5.71 Å². The normalized spacial score (nSPS) is 11.3. The number of nitrogens with zero attached hydrogens (tertiary/aromatic N) is 1. The van der Waals surface area contributed by atoms with E-state index in [9.17, 15) is 9.59 Å². The first-order valence-electron chi connectivity index (χ1n) is 9.31. The Labute approximate surface area is 179 Å². The number of carbonyl (C=O) groups excluding carboxylic acids is 2. The van der Waals surface area contributed by atoms with E-state index in [4.69, 9.17) is 4.74 Å². The second kappa shape index (κ2) is 10.2. The summed E-state index contributed by atoms with van der Waals surface area (Å²) in [5.74, 6) is 0.502. The number of amides is 2. The molecule has 0 fully saturated rings. The monoisotopic (exact) mass is 459 g/mol. The lowest BCUT2D eigenvalue weighted by Crippen LogP contribution is -2.26. The van der Waals surface area contributed by atoms with E-state index in [1.54, 1.807) is 19.1 Å². The van der Waals surface area contributed by atoms with Crippen LogP contribution in [0.3, 0.4) is 0 Å². The summed E-state index contributed by atoms with van der Waals surface area (Å²) in [6.07, 6.45) is 0. The van der Waals surface area contributed by atoms with Gasteiger partial charge in [-0.15, -0.1) is 0 Å². The molecule has 0 saturated heterocycles. The summed E-state index contributed by atoms with van der Waals surface area (Å²) in [6, 6.07) is 11.2. The maximum atomic E-state index is 12.2. The minimum atomic E-state index is -0.338. The average Bonchev–Trinajstić information content (AvgIpc) is 2.66. The Balaban J connectivity index is 1.97. The first-order chi connectivity index (χ1) is 13.7. The van der Waals surface area contributed by atoms with Gasteiger partial charge in [0.25, 0.3) is 5.91 Å². The third-order valence-electron chi connectivity index (χ3n) is 4.24. The van der Waals surface area contributed by atoms with Gasteiger partial charge in [-0.2, -0.15) is 5.10 Å². The minimum absolute atomic E-state index is 0.126. The largest absolute Gasteiger partial charge is 0.483 e. The molecule has 0 atom stereocenters. The van der Waals surface area contributed by atoms with Gasteiger partial charge in [0.1, 0.15) is 5.75 Å². The van der Waals surface area contributed by atoms with Crippen LogP contribution < -0.4 is 15.5 Å². The highest BCUT2D eigenvalue weighted by atomic mass is 79.9. The zero-order chi connectivity index (χ0) is 21.6. The lowest BCUT2D eigenvalue weighted by atomic mass is 10.0. The van der Waals surface area contributed by atoms with E-state index >= 15 is 0 Å². The lowest BCUT2D eigenvalue weighted by Gasteiger charge is -2.15. The van der Waals surface area contributed by atoms with Gasteiger partial charge in [-0.05, 0) is 60.7 Å². The summed E-state index contributed by atoms with van der Waals surface area (Å²) < 4.78 is 6.76. The SMILES string of the molecule is CC(=O)Nc1ccc(C(C)=NNC(=O)COc2cc(C)c(Br)cc2C(C)C)cc1. The van der Waals surface area contributed by atoms with E-state index in [1.165, 1.54) is 6.92 Å². The van der Waals surface area contributed by atoms with Gasteiger partial charge in [-0.3, -0.25) is 9.59 Å². The van der Waals surface area contributed by atoms with Crippen molar-refractivity contribution in [1.82, 2.24) is 5.43 Å². The molecule has 0 aromatic heterocycles. The van der Waals surface area contributed by atoms with Crippen LogP contribution in [-0.2, 0) is 9.59 Å². The van der Waals surface area contributed by atoms with Crippen LogP contribution in [0, 0.1) is 6.92 Å². The van der Waals surface area contributed by atoms with Gasteiger partial charge in [-0.1, -0.05) is 41.9 Å². The highest BCUT2D eigenvalue weighted by Crippen LogP contribution is 2.32. The molecule has 2 aromatic carbocycles. The zero-order valence-corrected chi connectivity index (χ0v) is 18.9. The van der Waals surface area contributed by atoms with Gasteiger partial charge in [0, 0.05) is 17.1 Å². The fourth-order valence-corrected chi connectivity index (χ4v) is 2.99. The predicted octanol–water partition coefficient (Wildman–Crippen LogP) is 4.76. The van der Waals surface area contributed by atoms with Crippen LogP contribution in [-0.4, -0.2) is 24.1 Å². The summed E-state index contributed by atoms with van der Waals surface area (Å²) in [5.41, 5.74) is 6.79. The van der Waals surface area contributed by atoms with Crippen molar-refractivity contribution >= 4 is 39.1 Å². The van der Waals surface area contributed by atoms with Crippen molar-refractivity contribution in [3.63, 3.8) is 0 Å². The number of carbonyl (C=O) groups is 2. The lowest BCUT2D eigenvalue weighted by molar-refractivity contribution is -0.123. The van der Waals surface area contributed by atoms with Crippen LogP contribution in [0.15, 0.2) is 46.0 Å². The van der Waals surface area contributed by atoms with E-state index in [-0.39, 0.29) is 24.3 Å². The number of ether oxygens (including phenoxy) is 1. The molecule has 0 bridgehead atoms. The minimum Gasteiger partial charge on any atom is -0.483 e. The van der Waals surface area contributed by atoms with Crippen LogP contribution in [0.25, 0.3) is 0 Å². The fraction of sp³-hybridized carbons (Fsp3) is 0.318. The van der Waals surface area contributed by atoms with Gasteiger partial charge < -0.3 is 10.1 Å². The van der Waals surface area contributed by atoms with Gasteiger partial charge >= 0.3 is 0 Å². The van der Waals surface area contributed by atoms with E-state index in [0.717, 1.165) is 21.2 Å². The first-order valence-corrected chi connectivity index (χ1v) is 10.1. The molecule has 0 spiro atoms. The molecule has 0 heterocycles. The van der Waals surface area contributed by atoms with Crippen LogP contribution >= 0.6 is 15.9 Å². The Bertz CT molecular complexity index is 922. The van der Waals surface area contributed by atoms with Crippen molar-refractivity contribution in [3.8, 4) is 5.75 Å². The maximum absolute atomic E-state index is 12.2. The molecular formula is C22H26BrN3O3. The van der Waals surface area contributed by atoms with E-state index in [0.29, 0.717) is 17.1 Å². The Hall–Kier alpha value is -2.67. The van der Waals surface area contributed by atoms with Crippen molar-refractivity contribution in [1.29, 1.82) is 0 Å². The Morgan fingerprint density at radius 1 is 1.14 bits per heavy atom. The van der Waals surface area contributed by atoms with Crippen molar-refractivity contribution in [2.45, 2.75) is 40.5 Å². The number of hydrogen-bond acceptors (Lipinski definition) is 4. The second-order valence-corrected chi connectivity index (χ2v) is 7.93. The predicted molar refractivity (Wildman–Crippen MR) is 120 cm³/mol. The topological polar surface area (TPSA) is 79.8 Å². The number of halogens is 1. The summed E-state index contributed by atoms with van der Waals surface area (Å²) in [7, 11) is 0. The van der Waals surface area contributed by atoms with Crippen LogP contribution in [0.4, 0.5) is 5.69 Å². The number of aryl methyl sites for hydroxylation is 1. The summed E-state index contributed by atoms with van der Waals surface area (Å²) in [5, 5.41) is 6.83. The smallest absolute Gasteiger partial charge is 0.277 e. The van der Waals surface area contributed by atoms with Gasteiger partial charge in [-0.25, -0.2) is 5.43 Å². The van der Waals surface area contributed by atoms with Crippen molar-refractivity contribution < 1.29 is 14.3 Å². The number of hydrogen-bond donors (Lipinski definition) is 2. The summed E-state index contributed by atoms with van der Waals surface area (Å²) in [6.45, 7) is 9.26. The number of nitrogens with one attached hydrogen (secondary N) is 2. The maximum Gasteiger partial charge on any atom is 0.277 e. The molecule has 0 aliphatic heterocycles. The zero-order valence-electron chi connectivity index (χ0n) is 17.3. The number of benzene rings is 2. The quantitative estimate of drug-likeness (QED) is 0.462. The Morgan fingerprint density at radius 2 is 1.79 bits per heavy atom. The number of hydrazone groups is 1. The van der Waals surface area contributed by atoms with Crippen molar-refractivity contribution in [2.24, 2.45) is 5.10 Å². The van der Waals surface area contributed by atoms with Crippen LogP contribution in [0.5, 0.6) is 5.75 Å². The van der Waals surface area contributed by atoms with Gasteiger partial charge in [0.2, 0.25) is 5.91 Å². The molecule has 7 heteroatoms. The molecular weight excluding hydrogens is 434 g/mol. The van der Waals surface area contributed by atoms with Crippen LogP contribution in [0.2, 0.25) is 0 Å². The van der Waals surface area contributed by atoms with Gasteiger partial charge in [0.15, 0.2) is 6.61 Å². The molecule has 0 radical (unpaired) electrons. The molecule has 0 aliphatic rings. The fourth-order valence-electron chi connectivity index (χ4n) is 2.63. The van der Waals surface area contributed by atoms with E-state index < -0.39 is 0 Å². The Kier molecular flexibility index (Phi) is 7.96. The van der Waals surface area contributed by atoms with E-state index in [1.807, 2.05) is 31.2 Å². The molecule has 0 saturated carbocycles. The summed E-state index contributed by atoms with van der Waals surface area (Å²) >= 11 is 3.53. The third-order valence-corrected chi connectivity index (χ3v) is 5.10. The molecule has 6 nitrogen and oxygen atoms in total. The standard InChI is InChI=1S/C22H26BrN3O3/c1-13(2)19-11-20(23)14(3)10-21(19)29-12-22(28)26-25-15(4)17-6-8-18(9-7-17)24-16(5)27/h6-11,13H,12H2,1-5H3,(H,24,27)(H,26,28). The molecule has 2 amide bonds. The molecule has 0 aliphatic carbocycles. The molecule has 2 N–H and O–H groups in total. The second-order valence-electron chi connectivity index (χ2n) is 7.07. The van der Waals surface area contributed by atoms with Crippen molar-refractivity contribution in [3.05, 3.63) is 57.6 Å². The van der Waals surface area contributed by atoms with E-state index in [2.05, 4.69) is 45.6 Å². The average molecular weight is 460 g/mol. The summed E-state index contributed by atoms with van der Waals surface area (Å²) in [4.78, 5) is 23.2. The highest BCUT2D eigenvalue weighted by Gasteiger charge is 2.12. The highest BCUT2D eigenvalue weighted by molar-refractivity contribution is 9.10.